The maximum absolute atomic E-state index is 2.34. The van der Waals surface area contributed by atoms with E-state index in [0.29, 0.717) is 5.41 Å². The van der Waals surface area contributed by atoms with E-state index in [-0.39, 0.29) is 0 Å². The van der Waals surface area contributed by atoms with Gasteiger partial charge in [0.25, 0.3) is 0 Å². The van der Waals surface area contributed by atoms with Crippen molar-refractivity contribution in [3.05, 3.63) is 35.9 Å². The molecule has 0 nitrogen and oxygen atoms in total. The molecule has 3 rings (SSSR count). The zero-order valence-corrected chi connectivity index (χ0v) is 20.9. The van der Waals surface area contributed by atoms with Gasteiger partial charge in [-0.3, -0.25) is 0 Å². The minimum atomic E-state index is 0.661. The van der Waals surface area contributed by atoms with Crippen LogP contribution in [0.1, 0.15) is 147 Å². The molecule has 31 heavy (non-hydrogen) atoms. The van der Waals surface area contributed by atoms with Crippen LogP contribution < -0.4 is 0 Å². The molecule has 0 heteroatoms. The molecule has 0 amide bonds. The first-order chi connectivity index (χ1) is 15.3. The standard InChI is InChI=1S/C31H52/c1-2-3-4-5-11-21-30(22-12-7-13-23-30)26-16-17-27-31(24-14-8-15-25-31)28-20-29-18-9-6-10-19-29/h6,9-10,18-19H,2-5,7-8,11-17,20-28H2,1H3. The molecule has 0 unspecified atom stereocenters. The van der Waals surface area contributed by atoms with E-state index in [9.17, 15) is 0 Å². The van der Waals surface area contributed by atoms with Crippen LogP contribution >= 0.6 is 0 Å². The minimum absolute atomic E-state index is 0.661. The maximum Gasteiger partial charge on any atom is -0.0274 e. The molecule has 2 aliphatic carbocycles. The van der Waals surface area contributed by atoms with Crippen molar-refractivity contribution in [2.24, 2.45) is 10.8 Å². The lowest BCUT2D eigenvalue weighted by molar-refractivity contribution is 0.128. The maximum atomic E-state index is 2.34. The van der Waals surface area contributed by atoms with Gasteiger partial charge in [0.05, 0.1) is 0 Å². The van der Waals surface area contributed by atoms with Crippen LogP contribution in [0.4, 0.5) is 0 Å². The summed E-state index contributed by atoms with van der Waals surface area (Å²) in [6.07, 6.45) is 32.6. The highest BCUT2D eigenvalue weighted by atomic mass is 14.4. The van der Waals surface area contributed by atoms with Crippen LogP contribution in [0.3, 0.4) is 0 Å². The molecular formula is C31H52. The van der Waals surface area contributed by atoms with Crippen LogP contribution in [0.15, 0.2) is 30.3 Å². The van der Waals surface area contributed by atoms with Crippen LogP contribution in [0, 0.1) is 10.8 Å². The van der Waals surface area contributed by atoms with Gasteiger partial charge in [-0.1, -0.05) is 121 Å². The van der Waals surface area contributed by atoms with Crippen molar-refractivity contribution in [3.8, 4) is 0 Å². The monoisotopic (exact) mass is 424 g/mol. The van der Waals surface area contributed by atoms with E-state index in [1.54, 1.807) is 18.4 Å². The second-order valence-corrected chi connectivity index (χ2v) is 11.5. The Morgan fingerprint density at radius 1 is 0.548 bits per heavy atom. The lowest BCUT2D eigenvalue weighted by Crippen LogP contribution is -2.26. The van der Waals surface area contributed by atoms with Crippen molar-refractivity contribution in [1.82, 2.24) is 0 Å². The van der Waals surface area contributed by atoms with E-state index >= 15 is 0 Å². The van der Waals surface area contributed by atoms with Gasteiger partial charge in [0, 0.05) is 0 Å². The van der Waals surface area contributed by atoms with Crippen LogP contribution in [0.25, 0.3) is 0 Å². The van der Waals surface area contributed by atoms with E-state index in [4.69, 9.17) is 0 Å². The number of benzene rings is 1. The molecule has 0 radical (unpaired) electrons. The summed E-state index contributed by atoms with van der Waals surface area (Å²) in [6, 6.07) is 11.3. The SMILES string of the molecule is CCCCCCCC1(CCCCC2(CCc3ccccc3)CCCCC2)CCCCC1. The average molecular weight is 425 g/mol. The summed E-state index contributed by atoms with van der Waals surface area (Å²) in [4.78, 5) is 0. The first kappa shape index (κ1) is 24.9. The fraction of sp³-hybridized carbons (Fsp3) is 0.806. The normalized spacial score (nSPS) is 20.5. The number of rotatable bonds is 14. The molecular weight excluding hydrogens is 372 g/mol. The van der Waals surface area contributed by atoms with E-state index in [0.717, 1.165) is 5.41 Å². The zero-order valence-electron chi connectivity index (χ0n) is 20.9. The number of unbranched alkanes of at least 4 members (excludes halogenated alkanes) is 5. The van der Waals surface area contributed by atoms with Crippen molar-refractivity contribution in [2.75, 3.05) is 0 Å². The highest BCUT2D eigenvalue weighted by Gasteiger charge is 2.33. The van der Waals surface area contributed by atoms with Crippen molar-refractivity contribution in [1.29, 1.82) is 0 Å². The largest absolute Gasteiger partial charge is 0.0654 e. The summed E-state index contributed by atoms with van der Waals surface area (Å²) in [5, 5.41) is 0. The van der Waals surface area contributed by atoms with Crippen LogP contribution in [-0.4, -0.2) is 0 Å². The fourth-order valence-electron chi connectivity index (χ4n) is 7.01. The summed E-state index contributed by atoms with van der Waals surface area (Å²) in [5.74, 6) is 0. The second kappa shape index (κ2) is 13.7. The lowest BCUT2D eigenvalue weighted by Gasteiger charge is -2.40. The van der Waals surface area contributed by atoms with Gasteiger partial charge in [-0.15, -0.1) is 0 Å². The van der Waals surface area contributed by atoms with Gasteiger partial charge in [0.2, 0.25) is 0 Å². The lowest BCUT2D eigenvalue weighted by atomic mass is 9.66. The summed E-state index contributed by atoms with van der Waals surface area (Å²) in [6.45, 7) is 2.33. The highest BCUT2D eigenvalue weighted by molar-refractivity contribution is 5.15. The van der Waals surface area contributed by atoms with E-state index in [1.165, 1.54) is 128 Å². The summed E-state index contributed by atoms with van der Waals surface area (Å²) in [5.41, 5.74) is 2.94. The third kappa shape index (κ3) is 8.58. The smallest absolute Gasteiger partial charge is 0.0274 e. The molecule has 0 atom stereocenters. The minimum Gasteiger partial charge on any atom is -0.0654 e. The summed E-state index contributed by atoms with van der Waals surface area (Å²) >= 11 is 0. The third-order valence-corrected chi connectivity index (χ3v) is 9.09. The Labute approximate surface area is 195 Å². The molecule has 0 saturated heterocycles. The Bertz CT molecular complexity index is 559. The molecule has 0 aliphatic heterocycles. The molecule has 0 heterocycles. The molecule has 176 valence electrons. The quantitative estimate of drug-likeness (QED) is 0.260. The van der Waals surface area contributed by atoms with Gasteiger partial charge in [-0.05, 0) is 74.2 Å². The molecule has 0 aromatic heterocycles. The van der Waals surface area contributed by atoms with Crippen molar-refractivity contribution in [3.63, 3.8) is 0 Å². The molecule has 0 N–H and O–H groups in total. The first-order valence-corrected chi connectivity index (χ1v) is 14.3. The van der Waals surface area contributed by atoms with Crippen molar-refractivity contribution < 1.29 is 0 Å². The van der Waals surface area contributed by atoms with Gasteiger partial charge < -0.3 is 0 Å². The van der Waals surface area contributed by atoms with Gasteiger partial charge >= 0.3 is 0 Å². The van der Waals surface area contributed by atoms with Crippen molar-refractivity contribution in [2.45, 2.75) is 148 Å². The molecule has 2 saturated carbocycles. The van der Waals surface area contributed by atoms with Gasteiger partial charge in [0.1, 0.15) is 0 Å². The topological polar surface area (TPSA) is 0 Å². The highest BCUT2D eigenvalue weighted by Crippen LogP contribution is 2.47. The summed E-state index contributed by atoms with van der Waals surface area (Å²) in [7, 11) is 0. The summed E-state index contributed by atoms with van der Waals surface area (Å²) < 4.78 is 0. The van der Waals surface area contributed by atoms with E-state index in [2.05, 4.69) is 37.3 Å². The average Bonchev–Trinajstić information content (AvgIpc) is 2.83. The molecule has 0 bridgehead atoms. The van der Waals surface area contributed by atoms with E-state index in [1.807, 2.05) is 0 Å². The zero-order chi connectivity index (χ0) is 21.7. The fourth-order valence-corrected chi connectivity index (χ4v) is 7.01. The van der Waals surface area contributed by atoms with Crippen molar-refractivity contribution >= 4 is 0 Å². The van der Waals surface area contributed by atoms with Gasteiger partial charge in [-0.25, -0.2) is 0 Å². The third-order valence-electron chi connectivity index (χ3n) is 9.09. The van der Waals surface area contributed by atoms with Crippen LogP contribution in [-0.2, 0) is 6.42 Å². The molecule has 0 spiro atoms. The Hall–Kier alpha value is -0.780. The Morgan fingerprint density at radius 2 is 1.03 bits per heavy atom. The Morgan fingerprint density at radius 3 is 1.58 bits per heavy atom. The molecule has 2 fully saturated rings. The molecule has 1 aromatic rings. The number of aryl methyl sites for hydroxylation is 1. The van der Waals surface area contributed by atoms with Gasteiger partial charge in [-0.2, -0.15) is 0 Å². The number of hydrogen-bond donors (Lipinski definition) is 0. The molecule has 2 aliphatic rings. The van der Waals surface area contributed by atoms with E-state index < -0.39 is 0 Å². The first-order valence-electron chi connectivity index (χ1n) is 14.3. The second-order valence-electron chi connectivity index (χ2n) is 11.5. The Kier molecular flexibility index (Phi) is 11.0. The molecule has 1 aromatic carbocycles. The van der Waals surface area contributed by atoms with Crippen LogP contribution in [0.2, 0.25) is 0 Å². The Balaban J connectivity index is 1.45. The van der Waals surface area contributed by atoms with Gasteiger partial charge in [0.15, 0.2) is 0 Å². The predicted molar refractivity (Wildman–Crippen MR) is 138 cm³/mol. The predicted octanol–water partition coefficient (Wildman–Crippen LogP) is 10.4. The number of hydrogen-bond acceptors (Lipinski definition) is 0. The van der Waals surface area contributed by atoms with Crippen LogP contribution in [0.5, 0.6) is 0 Å².